The highest BCUT2D eigenvalue weighted by atomic mass is 16.3. The minimum Gasteiger partial charge on any atom is -0.388 e. The number of hydrogen-bond donors (Lipinski definition) is 1. The first-order chi connectivity index (χ1) is 7.61. The SMILES string of the molecule is C=CC[C@H](O)/C(C)=C/C=C/CC[C@@H](C)CC. The summed E-state index contributed by atoms with van der Waals surface area (Å²) in [5, 5.41) is 9.63. The van der Waals surface area contributed by atoms with E-state index < -0.39 is 0 Å². The summed E-state index contributed by atoms with van der Waals surface area (Å²) in [5.74, 6) is 0.807. The molecule has 2 atom stereocenters. The Morgan fingerprint density at radius 2 is 2.12 bits per heavy atom. The number of rotatable bonds is 8. The summed E-state index contributed by atoms with van der Waals surface area (Å²) in [4.78, 5) is 0. The Balaban J connectivity index is 3.87. The molecule has 16 heavy (non-hydrogen) atoms. The maximum Gasteiger partial charge on any atom is 0.0784 e. The van der Waals surface area contributed by atoms with Gasteiger partial charge in [-0.2, -0.15) is 0 Å². The molecule has 1 nitrogen and oxygen atoms in total. The van der Waals surface area contributed by atoms with Gasteiger partial charge < -0.3 is 5.11 Å². The highest BCUT2D eigenvalue weighted by Crippen LogP contribution is 2.10. The van der Waals surface area contributed by atoms with Crippen LogP contribution < -0.4 is 0 Å². The molecule has 0 bridgehead atoms. The second-order valence-electron chi connectivity index (χ2n) is 4.47. The summed E-state index contributed by atoms with van der Waals surface area (Å²) in [7, 11) is 0. The lowest BCUT2D eigenvalue weighted by Crippen LogP contribution is -2.05. The van der Waals surface area contributed by atoms with Crippen LogP contribution in [0.15, 0.2) is 36.5 Å². The summed E-state index contributed by atoms with van der Waals surface area (Å²) in [6.07, 6.45) is 11.8. The second-order valence-corrected chi connectivity index (χ2v) is 4.47. The smallest absolute Gasteiger partial charge is 0.0784 e. The molecule has 1 heteroatoms. The zero-order valence-corrected chi connectivity index (χ0v) is 10.9. The molecule has 0 unspecified atom stereocenters. The van der Waals surface area contributed by atoms with Crippen molar-refractivity contribution in [3.05, 3.63) is 36.5 Å². The lowest BCUT2D eigenvalue weighted by molar-refractivity contribution is 0.214. The van der Waals surface area contributed by atoms with Crippen LogP contribution >= 0.6 is 0 Å². The van der Waals surface area contributed by atoms with Crippen molar-refractivity contribution in [2.24, 2.45) is 5.92 Å². The first-order valence-electron chi connectivity index (χ1n) is 6.24. The Kier molecular flexibility index (Phi) is 8.93. The molecular formula is C15H26O. The first-order valence-corrected chi connectivity index (χ1v) is 6.24. The third-order valence-corrected chi connectivity index (χ3v) is 2.93. The fourth-order valence-electron chi connectivity index (χ4n) is 1.36. The third kappa shape index (κ3) is 7.47. The molecular weight excluding hydrogens is 196 g/mol. The van der Waals surface area contributed by atoms with Gasteiger partial charge in [0.15, 0.2) is 0 Å². The van der Waals surface area contributed by atoms with Gasteiger partial charge in [-0.1, -0.05) is 44.6 Å². The zero-order valence-electron chi connectivity index (χ0n) is 10.9. The predicted molar refractivity (Wildman–Crippen MR) is 72.4 cm³/mol. The van der Waals surface area contributed by atoms with Gasteiger partial charge in [0.05, 0.1) is 6.10 Å². The van der Waals surface area contributed by atoms with Crippen molar-refractivity contribution >= 4 is 0 Å². The van der Waals surface area contributed by atoms with Crippen molar-refractivity contribution in [1.29, 1.82) is 0 Å². The fourth-order valence-corrected chi connectivity index (χ4v) is 1.36. The first kappa shape index (κ1) is 15.2. The summed E-state index contributed by atoms with van der Waals surface area (Å²) < 4.78 is 0. The van der Waals surface area contributed by atoms with Crippen molar-refractivity contribution in [2.75, 3.05) is 0 Å². The molecule has 0 saturated carbocycles. The quantitative estimate of drug-likeness (QED) is 0.481. The summed E-state index contributed by atoms with van der Waals surface area (Å²) in [6, 6.07) is 0. The monoisotopic (exact) mass is 222 g/mol. The van der Waals surface area contributed by atoms with Crippen molar-refractivity contribution < 1.29 is 5.11 Å². The number of aliphatic hydroxyl groups is 1. The van der Waals surface area contributed by atoms with Gasteiger partial charge in [-0.15, -0.1) is 6.58 Å². The van der Waals surface area contributed by atoms with E-state index in [2.05, 4.69) is 26.5 Å². The van der Waals surface area contributed by atoms with Gasteiger partial charge >= 0.3 is 0 Å². The fraction of sp³-hybridized carbons (Fsp3) is 0.600. The minimum absolute atomic E-state index is 0.378. The van der Waals surface area contributed by atoms with Crippen LogP contribution in [0.1, 0.15) is 46.5 Å². The molecule has 0 rings (SSSR count). The average molecular weight is 222 g/mol. The lowest BCUT2D eigenvalue weighted by Gasteiger charge is -2.07. The van der Waals surface area contributed by atoms with E-state index in [1.165, 1.54) is 12.8 Å². The lowest BCUT2D eigenvalue weighted by atomic mass is 10.0. The molecule has 1 N–H and O–H groups in total. The number of hydrogen-bond acceptors (Lipinski definition) is 1. The summed E-state index contributed by atoms with van der Waals surface area (Å²) in [5.41, 5.74) is 1.000. The standard InChI is InChI=1S/C15H26O/c1-5-10-15(16)14(4)12-9-7-8-11-13(3)6-2/h5,7,9,12-13,15-16H,1,6,8,10-11H2,2-4H3/b9-7+,14-12+/t13-,15-/m0/s1. The van der Waals surface area contributed by atoms with Gasteiger partial charge in [0.2, 0.25) is 0 Å². The Morgan fingerprint density at radius 1 is 1.44 bits per heavy atom. The van der Waals surface area contributed by atoms with E-state index in [1.54, 1.807) is 6.08 Å². The molecule has 0 spiro atoms. The van der Waals surface area contributed by atoms with E-state index in [9.17, 15) is 5.11 Å². The van der Waals surface area contributed by atoms with Crippen LogP contribution in [0, 0.1) is 5.92 Å². The Bertz CT molecular complexity index is 238. The van der Waals surface area contributed by atoms with Gasteiger partial charge in [-0.05, 0) is 37.7 Å². The molecule has 92 valence electrons. The van der Waals surface area contributed by atoms with Gasteiger partial charge in [0.1, 0.15) is 0 Å². The molecule has 0 aliphatic heterocycles. The van der Waals surface area contributed by atoms with E-state index >= 15 is 0 Å². The second kappa shape index (κ2) is 9.41. The molecule has 0 saturated heterocycles. The van der Waals surface area contributed by atoms with Crippen LogP contribution in [0.3, 0.4) is 0 Å². The maximum absolute atomic E-state index is 9.63. The molecule has 0 amide bonds. The molecule has 0 aromatic carbocycles. The van der Waals surface area contributed by atoms with Gasteiger partial charge in [0, 0.05) is 0 Å². The summed E-state index contributed by atoms with van der Waals surface area (Å²) in [6.45, 7) is 10.1. The van der Waals surface area contributed by atoms with Crippen molar-refractivity contribution in [1.82, 2.24) is 0 Å². The molecule has 0 aromatic heterocycles. The van der Waals surface area contributed by atoms with E-state index in [4.69, 9.17) is 0 Å². The van der Waals surface area contributed by atoms with Gasteiger partial charge in [-0.3, -0.25) is 0 Å². The van der Waals surface area contributed by atoms with E-state index in [0.29, 0.717) is 6.42 Å². The molecule has 0 aromatic rings. The Hall–Kier alpha value is -0.820. The largest absolute Gasteiger partial charge is 0.388 e. The zero-order chi connectivity index (χ0) is 12.4. The molecule has 0 fully saturated rings. The van der Waals surface area contributed by atoms with Crippen LogP contribution in [-0.4, -0.2) is 11.2 Å². The third-order valence-electron chi connectivity index (χ3n) is 2.93. The van der Waals surface area contributed by atoms with Gasteiger partial charge in [-0.25, -0.2) is 0 Å². The number of aliphatic hydroxyl groups excluding tert-OH is 1. The summed E-state index contributed by atoms with van der Waals surface area (Å²) >= 11 is 0. The van der Waals surface area contributed by atoms with E-state index in [-0.39, 0.29) is 6.10 Å². The molecule has 0 aliphatic carbocycles. The highest BCUT2D eigenvalue weighted by molar-refractivity contribution is 5.14. The van der Waals surface area contributed by atoms with Crippen LogP contribution in [-0.2, 0) is 0 Å². The number of allylic oxidation sites excluding steroid dienone is 3. The topological polar surface area (TPSA) is 20.2 Å². The van der Waals surface area contributed by atoms with Crippen LogP contribution in [0.25, 0.3) is 0 Å². The Labute approximate surface area is 101 Å². The molecule has 0 heterocycles. The molecule has 0 radical (unpaired) electrons. The van der Waals surface area contributed by atoms with E-state index in [0.717, 1.165) is 17.9 Å². The van der Waals surface area contributed by atoms with Crippen molar-refractivity contribution in [3.8, 4) is 0 Å². The van der Waals surface area contributed by atoms with Crippen LogP contribution in [0.2, 0.25) is 0 Å². The van der Waals surface area contributed by atoms with Crippen molar-refractivity contribution in [3.63, 3.8) is 0 Å². The predicted octanol–water partition coefficient (Wildman–Crippen LogP) is 4.25. The van der Waals surface area contributed by atoms with Crippen LogP contribution in [0.5, 0.6) is 0 Å². The maximum atomic E-state index is 9.63. The minimum atomic E-state index is -0.378. The Morgan fingerprint density at radius 3 is 2.69 bits per heavy atom. The highest BCUT2D eigenvalue weighted by Gasteiger charge is 2.01. The average Bonchev–Trinajstić information content (AvgIpc) is 2.28. The molecule has 0 aliphatic rings. The van der Waals surface area contributed by atoms with Gasteiger partial charge in [0.25, 0.3) is 0 Å². The van der Waals surface area contributed by atoms with Crippen molar-refractivity contribution in [2.45, 2.75) is 52.6 Å². The van der Waals surface area contributed by atoms with E-state index in [1.807, 2.05) is 19.1 Å². The normalized spacial score (nSPS) is 16.4. The van der Waals surface area contributed by atoms with Crippen LogP contribution in [0.4, 0.5) is 0 Å².